The first-order valence-corrected chi connectivity index (χ1v) is 6.52. The zero-order valence-electron chi connectivity index (χ0n) is 11.4. The fraction of sp³-hybridized carbons (Fsp3) is 0.500. The highest BCUT2D eigenvalue weighted by molar-refractivity contribution is 5.81. The SMILES string of the molecule is Cc1ccc(F)c(NCC(=O)N2CCN(C)CC2)c1. The van der Waals surface area contributed by atoms with Crippen LogP contribution in [0.2, 0.25) is 0 Å². The number of halogens is 1. The molecule has 0 atom stereocenters. The molecule has 1 aliphatic heterocycles. The number of benzene rings is 1. The van der Waals surface area contributed by atoms with Gasteiger partial charge in [0, 0.05) is 26.2 Å². The molecule has 0 bridgehead atoms. The summed E-state index contributed by atoms with van der Waals surface area (Å²) < 4.78 is 13.5. The maximum absolute atomic E-state index is 13.5. The third-order valence-electron chi connectivity index (χ3n) is 3.41. The van der Waals surface area contributed by atoms with Crippen molar-refractivity contribution in [2.24, 2.45) is 0 Å². The lowest BCUT2D eigenvalue weighted by atomic mass is 10.2. The van der Waals surface area contributed by atoms with Crippen LogP contribution in [0.15, 0.2) is 18.2 Å². The number of piperazine rings is 1. The van der Waals surface area contributed by atoms with E-state index in [4.69, 9.17) is 0 Å². The van der Waals surface area contributed by atoms with Crippen molar-refractivity contribution in [2.75, 3.05) is 45.1 Å². The predicted octanol–water partition coefficient (Wildman–Crippen LogP) is 1.32. The second-order valence-electron chi connectivity index (χ2n) is 5.02. The number of amides is 1. The summed E-state index contributed by atoms with van der Waals surface area (Å²) in [5.41, 5.74) is 1.36. The molecular weight excluding hydrogens is 245 g/mol. The van der Waals surface area contributed by atoms with Gasteiger partial charge in [0.05, 0.1) is 12.2 Å². The highest BCUT2D eigenvalue weighted by Gasteiger charge is 2.18. The van der Waals surface area contributed by atoms with Gasteiger partial charge in [-0.1, -0.05) is 6.07 Å². The molecule has 5 heteroatoms. The third-order valence-corrected chi connectivity index (χ3v) is 3.41. The Bertz CT molecular complexity index is 456. The Morgan fingerprint density at radius 3 is 2.68 bits per heavy atom. The molecule has 0 unspecified atom stereocenters. The lowest BCUT2D eigenvalue weighted by Crippen LogP contribution is -2.48. The maximum atomic E-state index is 13.5. The molecule has 2 rings (SSSR count). The smallest absolute Gasteiger partial charge is 0.241 e. The van der Waals surface area contributed by atoms with Gasteiger partial charge in [0.2, 0.25) is 5.91 Å². The van der Waals surface area contributed by atoms with Crippen LogP contribution in [0.3, 0.4) is 0 Å². The van der Waals surface area contributed by atoms with Crippen LogP contribution < -0.4 is 5.32 Å². The average molecular weight is 265 g/mol. The first kappa shape index (κ1) is 13.8. The van der Waals surface area contributed by atoms with Crippen molar-refractivity contribution in [3.8, 4) is 0 Å². The summed E-state index contributed by atoms with van der Waals surface area (Å²) in [7, 11) is 2.04. The van der Waals surface area contributed by atoms with Gasteiger partial charge >= 0.3 is 0 Å². The van der Waals surface area contributed by atoms with E-state index in [9.17, 15) is 9.18 Å². The fourth-order valence-electron chi connectivity index (χ4n) is 2.11. The van der Waals surface area contributed by atoms with Gasteiger partial charge in [-0.15, -0.1) is 0 Å². The molecule has 1 N–H and O–H groups in total. The summed E-state index contributed by atoms with van der Waals surface area (Å²) in [5, 5.41) is 2.88. The van der Waals surface area contributed by atoms with Gasteiger partial charge in [-0.05, 0) is 31.7 Å². The Morgan fingerprint density at radius 2 is 2.00 bits per heavy atom. The number of carbonyl (C=O) groups excluding carboxylic acids is 1. The van der Waals surface area contributed by atoms with Crippen molar-refractivity contribution < 1.29 is 9.18 Å². The van der Waals surface area contributed by atoms with Gasteiger partial charge < -0.3 is 15.1 Å². The normalized spacial score (nSPS) is 16.5. The predicted molar refractivity (Wildman–Crippen MR) is 73.7 cm³/mol. The quantitative estimate of drug-likeness (QED) is 0.895. The van der Waals surface area contributed by atoms with Crippen molar-refractivity contribution in [3.05, 3.63) is 29.6 Å². The number of nitrogens with one attached hydrogen (secondary N) is 1. The Kier molecular flexibility index (Phi) is 4.37. The van der Waals surface area contributed by atoms with Crippen LogP contribution in [-0.4, -0.2) is 55.5 Å². The second-order valence-corrected chi connectivity index (χ2v) is 5.02. The topological polar surface area (TPSA) is 35.6 Å². The molecule has 1 aliphatic rings. The molecule has 4 nitrogen and oxygen atoms in total. The van der Waals surface area contributed by atoms with Gasteiger partial charge in [0.25, 0.3) is 0 Å². The standard InChI is InChI=1S/C14H20FN3O/c1-11-3-4-12(15)13(9-11)16-10-14(19)18-7-5-17(2)6-8-18/h3-4,9,16H,5-8,10H2,1-2H3. The number of nitrogens with zero attached hydrogens (tertiary/aromatic N) is 2. The van der Waals surface area contributed by atoms with Crippen LogP contribution in [0, 0.1) is 12.7 Å². The lowest BCUT2D eigenvalue weighted by Gasteiger charge is -2.32. The van der Waals surface area contributed by atoms with Gasteiger partial charge in [-0.3, -0.25) is 4.79 Å². The van der Waals surface area contributed by atoms with E-state index in [0.29, 0.717) is 5.69 Å². The highest BCUT2D eigenvalue weighted by atomic mass is 19.1. The Balaban J connectivity index is 1.88. The van der Waals surface area contributed by atoms with Crippen LogP contribution in [0.5, 0.6) is 0 Å². The summed E-state index contributed by atoms with van der Waals surface area (Å²) >= 11 is 0. The number of hydrogen-bond donors (Lipinski definition) is 1. The molecule has 0 spiro atoms. The van der Waals surface area contributed by atoms with Gasteiger partial charge in [-0.2, -0.15) is 0 Å². The molecule has 0 aliphatic carbocycles. The van der Waals surface area contributed by atoms with E-state index in [1.807, 2.05) is 18.9 Å². The number of hydrogen-bond acceptors (Lipinski definition) is 3. The van der Waals surface area contributed by atoms with E-state index in [-0.39, 0.29) is 18.3 Å². The molecule has 1 aromatic carbocycles. The minimum Gasteiger partial charge on any atom is -0.374 e. The number of likely N-dealkylation sites (N-methyl/N-ethyl adjacent to an activating group) is 1. The monoisotopic (exact) mass is 265 g/mol. The molecule has 104 valence electrons. The van der Waals surface area contributed by atoms with Crippen LogP contribution in [0.1, 0.15) is 5.56 Å². The molecule has 1 fully saturated rings. The first-order valence-electron chi connectivity index (χ1n) is 6.52. The van der Waals surface area contributed by atoms with Crippen molar-refractivity contribution in [1.82, 2.24) is 9.80 Å². The maximum Gasteiger partial charge on any atom is 0.241 e. The second kappa shape index (κ2) is 6.02. The van der Waals surface area contributed by atoms with Gasteiger partial charge in [-0.25, -0.2) is 4.39 Å². The minimum atomic E-state index is -0.322. The molecule has 1 heterocycles. The summed E-state index contributed by atoms with van der Waals surface area (Å²) in [4.78, 5) is 16.0. The average Bonchev–Trinajstić information content (AvgIpc) is 2.40. The number of anilines is 1. The summed E-state index contributed by atoms with van der Waals surface area (Å²) in [6.07, 6.45) is 0. The largest absolute Gasteiger partial charge is 0.374 e. The molecular formula is C14H20FN3O. The first-order chi connectivity index (χ1) is 9.06. The summed E-state index contributed by atoms with van der Waals surface area (Å²) in [6.45, 7) is 5.31. The summed E-state index contributed by atoms with van der Waals surface area (Å²) in [5.74, 6) is -0.300. The number of aryl methyl sites for hydroxylation is 1. The molecule has 0 radical (unpaired) electrons. The highest BCUT2D eigenvalue weighted by Crippen LogP contribution is 2.15. The van der Waals surface area contributed by atoms with Crippen molar-refractivity contribution in [1.29, 1.82) is 0 Å². The van der Waals surface area contributed by atoms with Crippen LogP contribution in [-0.2, 0) is 4.79 Å². The van der Waals surface area contributed by atoms with E-state index < -0.39 is 0 Å². The van der Waals surface area contributed by atoms with Crippen molar-refractivity contribution >= 4 is 11.6 Å². The van der Waals surface area contributed by atoms with Crippen LogP contribution in [0.4, 0.5) is 10.1 Å². The van der Waals surface area contributed by atoms with E-state index in [2.05, 4.69) is 10.2 Å². The molecule has 1 aromatic rings. The van der Waals surface area contributed by atoms with Crippen LogP contribution in [0.25, 0.3) is 0 Å². The zero-order valence-corrected chi connectivity index (χ0v) is 11.4. The summed E-state index contributed by atoms with van der Waals surface area (Å²) in [6, 6.07) is 4.84. The molecule has 0 saturated carbocycles. The number of carbonyl (C=O) groups is 1. The van der Waals surface area contributed by atoms with E-state index in [1.54, 1.807) is 12.1 Å². The van der Waals surface area contributed by atoms with Gasteiger partial charge in [0.15, 0.2) is 0 Å². The molecule has 19 heavy (non-hydrogen) atoms. The zero-order chi connectivity index (χ0) is 13.8. The number of rotatable bonds is 3. The Labute approximate surface area is 113 Å². The third kappa shape index (κ3) is 3.67. The van der Waals surface area contributed by atoms with Crippen LogP contribution >= 0.6 is 0 Å². The molecule has 1 saturated heterocycles. The van der Waals surface area contributed by atoms with Gasteiger partial charge in [0.1, 0.15) is 5.82 Å². The minimum absolute atomic E-state index is 0.0222. The van der Waals surface area contributed by atoms with E-state index in [1.165, 1.54) is 6.07 Å². The van der Waals surface area contributed by atoms with E-state index in [0.717, 1.165) is 31.7 Å². The molecule has 0 aromatic heterocycles. The van der Waals surface area contributed by atoms with Crippen molar-refractivity contribution in [3.63, 3.8) is 0 Å². The Hall–Kier alpha value is -1.62. The lowest BCUT2D eigenvalue weighted by molar-refractivity contribution is -0.130. The van der Waals surface area contributed by atoms with E-state index >= 15 is 0 Å². The Morgan fingerprint density at radius 1 is 1.32 bits per heavy atom. The molecule has 1 amide bonds. The van der Waals surface area contributed by atoms with Crippen molar-refractivity contribution in [2.45, 2.75) is 6.92 Å². The fourth-order valence-corrected chi connectivity index (χ4v) is 2.11.